The van der Waals surface area contributed by atoms with Gasteiger partial charge in [0.05, 0.1) is 17.6 Å². The van der Waals surface area contributed by atoms with Crippen molar-refractivity contribution in [2.75, 3.05) is 0 Å². The zero-order chi connectivity index (χ0) is 20.1. The summed E-state index contributed by atoms with van der Waals surface area (Å²) in [5.41, 5.74) is 2.69. The zero-order valence-corrected chi connectivity index (χ0v) is 16.6. The lowest BCUT2D eigenvalue weighted by molar-refractivity contribution is 0.000286. The molecule has 3 fully saturated rings. The third kappa shape index (κ3) is 2.80. The van der Waals surface area contributed by atoms with Gasteiger partial charge in [0.1, 0.15) is 5.60 Å². The average Bonchev–Trinajstić information content (AvgIpc) is 3.49. The Morgan fingerprint density at radius 1 is 1.32 bits per heavy atom. The van der Waals surface area contributed by atoms with Crippen molar-refractivity contribution in [1.82, 2.24) is 15.3 Å². The Labute approximate surface area is 165 Å². The minimum atomic E-state index is -0.502. The molecular weight excluding hydrogens is 358 g/mol. The molecule has 3 heterocycles. The van der Waals surface area contributed by atoms with E-state index in [1.165, 1.54) is 0 Å². The van der Waals surface area contributed by atoms with Gasteiger partial charge in [0.2, 0.25) is 0 Å². The highest BCUT2D eigenvalue weighted by atomic mass is 16.6. The third-order valence-electron chi connectivity index (χ3n) is 6.12. The Morgan fingerprint density at radius 3 is 2.79 bits per heavy atom. The minimum Gasteiger partial charge on any atom is -0.443 e. The number of nitrogens with one attached hydrogen (secondary N) is 1. The van der Waals surface area contributed by atoms with Gasteiger partial charge in [-0.05, 0) is 26.3 Å². The van der Waals surface area contributed by atoms with Crippen molar-refractivity contribution in [2.45, 2.75) is 76.2 Å². The average molecular weight is 385 g/mol. The highest BCUT2D eigenvalue weighted by molar-refractivity contribution is 6.01. The molecule has 0 saturated carbocycles. The number of unbranched alkanes of at least 4 members (excludes halogenated alkanes) is 2. The highest BCUT2D eigenvalue weighted by Gasteiger charge is 2.87. The molecule has 0 aliphatic carbocycles. The number of cyclic esters (lactones) is 1. The first-order valence-electron chi connectivity index (χ1n) is 10.0. The second-order valence-electron chi connectivity index (χ2n) is 8.53. The fourth-order valence-corrected chi connectivity index (χ4v) is 4.75. The van der Waals surface area contributed by atoms with E-state index in [1.807, 2.05) is 18.9 Å². The molecule has 150 valence electrons. The minimum absolute atomic E-state index is 0.0528. The van der Waals surface area contributed by atoms with Crippen molar-refractivity contribution in [3.8, 4) is 0 Å². The van der Waals surface area contributed by atoms with Crippen LogP contribution in [0.15, 0.2) is 24.3 Å². The largest absolute Gasteiger partial charge is 0.443 e. The first-order valence-corrected chi connectivity index (χ1v) is 10.0. The normalized spacial score (nSPS) is 31.8. The fourth-order valence-electron chi connectivity index (χ4n) is 4.75. The highest BCUT2D eigenvalue weighted by Crippen LogP contribution is 2.65. The lowest BCUT2D eigenvalue weighted by Crippen LogP contribution is -2.37. The van der Waals surface area contributed by atoms with Crippen LogP contribution in [-0.2, 0) is 4.74 Å². The molecule has 1 N–H and O–H groups in total. The summed E-state index contributed by atoms with van der Waals surface area (Å²) >= 11 is 0. The van der Waals surface area contributed by atoms with Crippen LogP contribution >= 0.6 is 0 Å². The van der Waals surface area contributed by atoms with Crippen LogP contribution in [0.25, 0.3) is 0 Å². The lowest BCUT2D eigenvalue weighted by atomic mass is 9.99. The van der Waals surface area contributed by atoms with Crippen LogP contribution in [0.2, 0.25) is 0 Å². The Hall–Kier alpha value is -2.41. The molecule has 0 aromatic heterocycles. The Morgan fingerprint density at radius 2 is 2.07 bits per heavy atom. The molecule has 1 unspecified atom stereocenters. The van der Waals surface area contributed by atoms with E-state index in [1.54, 1.807) is 29.2 Å². The summed E-state index contributed by atoms with van der Waals surface area (Å²) in [4.78, 5) is 38.4. The summed E-state index contributed by atoms with van der Waals surface area (Å²) in [5, 5.41) is 1.90. The SMILES string of the molecule is CCCCC[C@H]1N(NC(=O)c2ccccc2C=O)[C@@]12[C@@H]1CC(C)(C)OC(=O)N12. The van der Waals surface area contributed by atoms with E-state index in [0.717, 1.165) is 32.1 Å². The van der Waals surface area contributed by atoms with E-state index in [0.29, 0.717) is 17.4 Å². The molecule has 28 heavy (non-hydrogen) atoms. The van der Waals surface area contributed by atoms with Crippen LogP contribution in [0.1, 0.15) is 73.6 Å². The van der Waals surface area contributed by atoms with Crippen LogP contribution in [0.5, 0.6) is 0 Å². The molecule has 7 heteroatoms. The topological polar surface area (TPSA) is 78.5 Å². The van der Waals surface area contributed by atoms with E-state index in [9.17, 15) is 14.4 Å². The molecule has 3 aliphatic rings. The van der Waals surface area contributed by atoms with Crippen LogP contribution < -0.4 is 5.43 Å². The number of nitrogens with zero attached hydrogens (tertiary/aromatic N) is 2. The number of fused-ring (bicyclic) bond motifs is 3. The molecule has 1 spiro atoms. The number of carbonyl (C=O) groups excluding carboxylic acids is 3. The van der Waals surface area contributed by atoms with Gasteiger partial charge in [-0.1, -0.05) is 44.4 Å². The van der Waals surface area contributed by atoms with Gasteiger partial charge >= 0.3 is 6.09 Å². The number of carbonyl (C=O) groups is 3. The van der Waals surface area contributed by atoms with E-state index in [2.05, 4.69) is 12.3 Å². The van der Waals surface area contributed by atoms with Crippen LogP contribution in [-0.4, -0.2) is 51.5 Å². The number of amides is 2. The van der Waals surface area contributed by atoms with Gasteiger partial charge in [0, 0.05) is 12.0 Å². The second kappa shape index (κ2) is 6.58. The quantitative estimate of drug-likeness (QED) is 0.443. The molecule has 0 bridgehead atoms. The third-order valence-corrected chi connectivity index (χ3v) is 6.12. The number of benzene rings is 1. The molecule has 0 radical (unpaired) electrons. The van der Waals surface area contributed by atoms with Crippen molar-refractivity contribution in [1.29, 1.82) is 0 Å². The summed E-state index contributed by atoms with van der Waals surface area (Å²) in [5.74, 6) is -0.322. The first-order chi connectivity index (χ1) is 13.4. The Kier molecular flexibility index (Phi) is 4.45. The van der Waals surface area contributed by atoms with Gasteiger partial charge in [0.15, 0.2) is 11.9 Å². The molecule has 4 atom stereocenters. The van der Waals surface area contributed by atoms with E-state index in [-0.39, 0.29) is 24.1 Å². The standard InChI is InChI=1S/C21H27N3O4/c1-4-5-6-11-16-21(17-12-20(2,3)28-19(27)23(17)21)24(16)22-18(26)15-10-8-7-9-14(15)13-25/h7-10,13,16-17H,4-6,11-12H2,1-3H3,(H,22,26)/t16-,17+,21-,23?,24?/m1/s1. The van der Waals surface area contributed by atoms with Gasteiger partial charge in [-0.2, -0.15) is 5.01 Å². The second-order valence-corrected chi connectivity index (χ2v) is 8.53. The van der Waals surface area contributed by atoms with Crippen LogP contribution in [0, 0.1) is 0 Å². The molecule has 1 aromatic rings. The maximum atomic E-state index is 12.8. The van der Waals surface area contributed by atoms with Gasteiger partial charge < -0.3 is 4.74 Å². The van der Waals surface area contributed by atoms with Crippen molar-refractivity contribution >= 4 is 18.3 Å². The Balaban J connectivity index is 1.54. The number of ether oxygens (including phenoxy) is 1. The Bertz CT molecular complexity index is 824. The first kappa shape index (κ1) is 18.9. The van der Waals surface area contributed by atoms with E-state index >= 15 is 0 Å². The summed E-state index contributed by atoms with van der Waals surface area (Å²) in [7, 11) is 0. The molecule has 3 saturated heterocycles. The predicted molar refractivity (Wildman–Crippen MR) is 103 cm³/mol. The van der Waals surface area contributed by atoms with Crippen molar-refractivity contribution in [3.05, 3.63) is 35.4 Å². The van der Waals surface area contributed by atoms with Gasteiger partial charge in [-0.25, -0.2) is 4.79 Å². The summed E-state index contributed by atoms with van der Waals surface area (Å²) in [6.45, 7) is 6.00. The van der Waals surface area contributed by atoms with Crippen molar-refractivity contribution < 1.29 is 19.1 Å². The van der Waals surface area contributed by atoms with Crippen LogP contribution in [0.4, 0.5) is 4.79 Å². The summed E-state index contributed by atoms with van der Waals surface area (Å²) in [6.07, 6.45) is 5.28. The molecule has 7 nitrogen and oxygen atoms in total. The number of hydrogen-bond donors (Lipinski definition) is 1. The number of aldehydes is 1. The predicted octanol–water partition coefficient (Wildman–Crippen LogP) is 3.11. The maximum Gasteiger partial charge on any atom is 0.412 e. The number of hydrogen-bond acceptors (Lipinski definition) is 5. The molecule has 1 aromatic carbocycles. The zero-order valence-electron chi connectivity index (χ0n) is 16.6. The van der Waals surface area contributed by atoms with Gasteiger partial charge in [0.25, 0.3) is 5.91 Å². The molecule has 2 amide bonds. The van der Waals surface area contributed by atoms with Gasteiger partial charge in [-0.15, -0.1) is 0 Å². The monoisotopic (exact) mass is 385 g/mol. The number of hydrazine groups is 1. The van der Waals surface area contributed by atoms with Crippen molar-refractivity contribution in [2.24, 2.45) is 0 Å². The summed E-state index contributed by atoms with van der Waals surface area (Å²) in [6, 6.07) is 6.86. The molecule has 4 rings (SSSR count). The molecule has 3 aliphatic heterocycles. The van der Waals surface area contributed by atoms with Gasteiger partial charge in [-0.3, -0.25) is 19.9 Å². The maximum absolute atomic E-state index is 12.8. The van der Waals surface area contributed by atoms with E-state index in [4.69, 9.17) is 4.74 Å². The fraction of sp³-hybridized carbons (Fsp3) is 0.571. The number of rotatable bonds is 7. The summed E-state index contributed by atoms with van der Waals surface area (Å²) < 4.78 is 5.55. The van der Waals surface area contributed by atoms with Crippen LogP contribution in [0.3, 0.4) is 0 Å². The van der Waals surface area contributed by atoms with Crippen molar-refractivity contribution in [3.63, 3.8) is 0 Å². The van der Waals surface area contributed by atoms with E-state index < -0.39 is 11.3 Å². The molecular formula is C21H27N3O4. The smallest absolute Gasteiger partial charge is 0.412 e. The lowest BCUT2D eigenvalue weighted by Gasteiger charge is -2.28.